The number of nitrogens with zero attached hydrogens (tertiary/aromatic N) is 1. The maximum absolute atomic E-state index is 12.5. The third kappa shape index (κ3) is 2.66. The molecule has 1 aromatic rings. The number of piperidine rings is 1. The minimum Gasteiger partial charge on any atom is -0.371 e. The van der Waals surface area contributed by atoms with Gasteiger partial charge in [-0.2, -0.15) is 13.2 Å². The Morgan fingerprint density at radius 3 is 2.28 bits per heavy atom. The summed E-state index contributed by atoms with van der Waals surface area (Å²) in [5, 5.41) is 0. The van der Waals surface area contributed by atoms with Crippen LogP contribution in [-0.4, -0.2) is 25.0 Å². The van der Waals surface area contributed by atoms with Crippen LogP contribution in [0.2, 0.25) is 0 Å². The number of hydrogen-bond acceptors (Lipinski definition) is 2. The van der Waals surface area contributed by atoms with Crippen molar-refractivity contribution in [2.75, 3.05) is 18.0 Å². The molecule has 0 spiro atoms. The van der Waals surface area contributed by atoms with Gasteiger partial charge in [-0.15, -0.1) is 0 Å². The molecule has 2 rings (SSSR count). The molecule has 98 valence electrons. The number of rotatable bonds is 2. The molecule has 0 unspecified atom stereocenters. The topological polar surface area (TPSA) is 20.3 Å². The van der Waals surface area contributed by atoms with Crippen molar-refractivity contribution >= 4 is 11.5 Å². The summed E-state index contributed by atoms with van der Waals surface area (Å²) in [6.07, 6.45) is -1.82. The summed E-state index contributed by atoms with van der Waals surface area (Å²) >= 11 is 0. The van der Waals surface area contributed by atoms with Crippen molar-refractivity contribution in [3.63, 3.8) is 0 Å². The molecule has 0 bridgehead atoms. The van der Waals surface area contributed by atoms with Crippen LogP contribution in [0.4, 0.5) is 18.9 Å². The van der Waals surface area contributed by atoms with E-state index in [4.69, 9.17) is 0 Å². The third-order valence-electron chi connectivity index (χ3n) is 3.10. The number of carbonyl (C=O) groups excluding carboxylic acids is 1. The van der Waals surface area contributed by atoms with Crippen LogP contribution in [0.15, 0.2) is 24.3 Å². The Morgan fingerprint density at radius 1 is 1.06 bits per heavy atom. The Kier molecular flexibility index (Phi) is 3.59. The highest BCUT2D eigenvalue weighted by molar-refractivity contribution is 6.04. The lowest BCUT2D eigenvalue weighted by molar-refractivity contribution is -0.0884. The number of alkyl halides is 3. The molecule has 1 aromatic carbocycles. The van der Waals surface area contributed by atoms with Gasteiger partial charge in [0.2, 0.25) is 0 Å². The first-order valence-corrected chi connectivity index (χ1v) is 5.95. The zero-order chi connectivity index (χ0) is 13.2. The molecule has 0 radical (unpaired) electrons. The van der Waals surface area contributed by atoms with E-state index < -0.39 is 12.0 Å². The van der Waals surface area contributed by atoms with Gasteiger partial charge < -0.3 is 4.90 Å². The lowest BCUT2D eigenvalue weighted by Crippen LogP contribution is -2.32. The average molecular weight is 257 g/mol. The van der Waals surface area contributed by atoms with Crippen LogP contribution in [-0.2, 0) is 0 Å². The van der Waals surface area contributed by atoms with Gasteiger partial charge in [-0.1, -0.05) is 12.1 Å². The quantitative estimate of drug-likeness (QED) is 0.756. The van der Waals surface area contributed by atoms with Crippen molar-refractivity contribution in [1.29, 1.82) is 0 Å². The Hall–Kier alpha value is -1.52. The number of carbonyl (C=O) groups is 1. The van der Waals surface area contributed by atoms with E-state index in [2.05, 4.69) is 0 Å². The van der Waals surface area contributed by atoms with Crippen molar-refractivity contribution in [1.82, 2.24) is 0 Å². The smallest absolute Gasteiger partial charge is 0.371 e. The first-order valence-electron chi connectivity index (χ1n) is 5.95. The zero-order valence-electron chi connectivity index (χ0n) is 9.83. The summed E-state index contributed by atoms with van der Waals surface area (Å²) in [6, 6.07) is 5.97. The summed E-state index contributed by atoms with van der Waals surface area (Å²) in [5.41, 5.74) is 0.159. The van der Waals surface area contributed by atoms with Gasteiger partial charge in [0.25, 0.3) is 5.78 Å². The lowest BCUT2D eigenvalue weighted by atomic mass is 10.0. The van der Waals surface area contributed by atoms with Gasteiger partial charge in [-0.05, 0) is 31.4 Å². The van der Waals surface area contributed by atoms with E-state index in [1.165, 1.54) is 12.1 Å². The molecule has 0 atom stereocenters. The highest BCUT2D eigenvalue weighted by Gasteiger charge is 2.40. The summed E-state index contributed by atoms with van der Waals surface area (Å²) in [5.74, 6) is -1.76. The van der Waals surface area contributed by atoms with Crippen LogP contribution < -0.4 is 4.90 Å². The first kappa shape index (κ1) is 12.9. The molecule has 1 aliphatic heterocycles. The van der Waals surface area contributed by atoms with Gasteiger partial charge in [0.1, 0.15) is 0 Å². The van der Waals surface area contributed by atoms with Crippen LogP contribution in [0.5, 0.6) is 0 Å². The van der Waals surface area contributed by atoms with Gasteiger partial charge in [-0.3, -0.25) is 4.79 Å². The maximum atomic E-state index is 12.5. The molecule has 1 aliphatic rings. The molecule has 0 amide bonds. The molecule has 2 nitrogen and oxygen atoms in total. The van der Waals surface area contributed by atoms with E-state index in [9.17, 15) is 18.0 Å². The summed E-state index contributed by atoms with van der Waals surface area (Å²) < 4.78 is 37.5. The average Bonchev–Trinajstić information content (AvgIpc) is 2.38. The second kappa shape index (κ2) is 5.00. The van der Waals surface area contributed by atoms with Crippen LogP contribution in [0.25, 0.3) is 0 Å². The molecule has 18 heavy (non-hydrogen) atoms. The molecule has 0 aromatic heterocycles. The minimum absolute atomic E-state index is 0.244. The van der Waals surface area contributed by atoms with Gasteiger partial charge in [0.15, 0.2) is 0 Å². The van der Waals surface area contributed by atoms with E-state index in [1.54, 1.807) is 12.1 Å². The van der Waals surface area contributed by atoms with E-state index >= 15 is 0 Å². The van der Waals surface area contributed by atoms with Gasteiger partial charge >= 0.3 is 6.18 Å². The molecule has 1 saturated heterocycles. The summed E-state index contributed by atoms with van der Waals surface area (Å²) in [6.45, 7) is 1.42. The minimum atomic E-state index is -4.81. The van der Waals surface area contributed by atoms with Crippen molar-refractivity contribution in [2.45, 2.75) is 25.4 Å². The van der Waals surface area contributed by atoms with E-state index in [1.807, 2.05) is 4.90 Å². The first-order chi connectivity index (χ1) is 8.50. The number of ketones is 1. The predicted molar refractivity (Wildman–Crippen MR) is 62.9 cm³/mol. The Bertz CT molecular complexity index is 436. The molecular formula is C13H14F3NO. The third-order valence-corrected chi connectivity index (χ3v) is 3.10. The second-order valence-electron chi connectivity index (χ2n) is 4.39. The number of para-hydroxylation sites is 1. The monoisotopic (exact) mass is 257 g/mol. The Morgan fingerprint density at radius 2 is 1.67 bits per heavy atom. The van der Waals surface area contributed by atoms with Crippen LogP contribution >= 0.6 is 0 Å². The summed E-state index contributed by atoms with van der Waals surface area (Å²) in [4.78, 5) is 13.2. The maximum Gasteiger partial charge on any atom is 0.454 e. The summed E-state index contributed by atoms with van der Waals surface area (Å²) in [7, 11) is 0. The highest BCUT2D eigenvalue weighted by atomic mass is 19.4. The Balaban J connectivity index is 2.33. The predicted octanol–water partition coefficient (Wildman–Crippen LogP) is 3.42. The highest BCUT2D eigenvalue weighted by Crippen LogP contribution is 2.29. The lowest BCUT2D eigenvalue weighted by Gasteiger charge is -2.30. The number of anilines is 1. The molecule has 1 heterocycles. The number of benzene rings is 1. The number of hydrogen-bond donors (Lipinski definition) is 0. The normalized spacial score (nSPS) is 16.7. The van der Waals surface area contributed by atoms with Gasteiger partial charge in [0, 0.05) is 18.8 Å². The van der Waals surface area contributed by atoms with Crippen LogP contribution in [0.1, 0.15) is 29.6 Å². The Labute approximate surface area is 103 Å². The molecule has 0 saturated carbocycles. The fourth-order valence-electron chi connectivity index (χ4n) is 2.23. The van der Waals surface area contributed by atoms with Crippen molar-refractivity contribution in [2.24, 2.45) is 0 Å². The fraction of sp³-hybridized carbons (Fsp3) is 0.462. The number of Topliss-reactive ketones (excluding diaryl/α,β-unsaturated/α-hetero) is 1. The van der Waals surface area contributed by atoms with Crippen LogP contribution in [0, 0.1) is 0 Å². The standard InChI is InChI=1S/C13H14F3NO/c14-13(15,16)12(18)10-6-2-3-7-11(10)17-8-4-1-5-9-17/h2-3,6-7H,1,4-5,8-9H2. The molecule has 0 N–H and O–H groups in total. The van der Waals surface area contributed by atoms with Crippen molar-refractivity contribution in [3.8, 4) is 0 Å². The fourth-order valence-corrected chi connectivity index (χ4v) is 2.23. The molecule has 5 heteroatoms. The van der Waals surface area contributed by atoms with E-state index in [0.29, 0.717) is 18.8 Å². The largest absolute Gasteiger partial charge is 0.454 e. The van der Waals surface area contributed by atoms with Gasteiger partial charge in [-0.25, -0.2) is 0 Å². The SMILES string of the molecule is O=C(c1ccccc1N1CCCCC1)C(F)(F)F. The van der Waals surface area contributed by atoms with Crippen molar-refractivity contribution < 1.29 is 18.0 Å². The molecular weight excluding hydrogens is 243 g/mol. The van der Waals surface area contributed by atoms with E-state index in [0.717, 1.165) is 19.3 Å². The zero-order valence-corrected chi connectivity index (χ0v) is 9.83. The van der Waals surface area contributed by atoms with Gasteiger partial charge in [0.05, 0.1) is 5.56 Å². The molecule has 1 fully saturated rings. The number of halogens is 3. The second-order valence-corrected chi connectivity index (χ2v) is 4.39. The van der Waals surface area contributed by atoms with Crippen molar-refractivity contribution in [3.05, 3.63) is 29.8 Å². The van der Waals surface area contributed by atoms with Crippen LogP contribution in [0.3, 0.4) is 0 Å². The molecule has 0 aliphatic carbocycles. The van der Waals surface area contributed by atoms with E-state index in [-0.39, 0.29) is 5.56 Å².